The van der Waals surface area contributed by atoms with Crippen LogP contribution in [0.5, 0.6) is 5.75 Å². The Balaban J connectivity index is 2.64. The lowest BCUT2D eigenvalue weighted by Gasteiger charge is -2.15. The molecule has 0 unspecified atom stereocenters. The maximum atomic E-state index is 12.5. The van der Waals surface area contributed by atoms with Crippen LogP contribution in [-0.2, 0) is 0 Å². The lowest BCUT2D eigenvalue weighted by atomic mass is 9.96. The predicted molar refractivity (Wildman–Crippen MR) is 76.3 cm³/mol. The Kier molecular flexibility index (Phi) is 4.49. The Morgan fingerprint density at radius 2 is 1.80 bits per heavy atom. The molecule has 0 aliphatic heterocycles. The van der Waals surface area contributed by atoms with E-state index in [9.17, 15) is 13.6 Å². The van der Waals surface area contributed by atoms with Crippen LogP contribution in [0, 0.1) is 6.92 Å². The number of rotatable bonds is 4. The zero-order chi connectivity index (χ0) is 14.7. The van der Waals surface area contributed by atoms with Gasteiger partial charge in [0.15, 0.2) is 0 Å². The van der Waals surface area contributed by atoms with E-state index in [1.54, 1.807) is 43.3 Å². The molecule has 0 aliphatic carbocycles. The first-order valence-corrected chi connectivity index (χ1v) is 6.62. The number of alkyl halides is 2. The van der Waals surface area contributed by atoms with Gasteiger partial charge in [0.2, 0.25) is 0 Å². The van der Waals surface area contributed by atoms with Crippen LogP contribution in [0.1, 0.15) is 15.9 Å². The second kappa shape index (κ2) is 6.13. The fourth-order valence-electron chi connectivity index (χ4n) is 2.00. The molecule has 0 saturated carbocycles. The van der Waals surface area contributed by atoms with E-state index in [-0.39, 0.29) is 5.75 Å². The van der Waals surface area contributed by atoms with E-state index < -0.39 is 6.61 Å². The molecule has 0 radical (unpaired) electrons. The van der Waals surface area contributed by atoms with Crippen LogP contribution in [-0.4, -0.2) is 12.9 Å². The molecule has 5 heteroatoms. The number of halogens is 3. The van der Waals surface area contributed by atoms with Crippen LogP contribution in [0.3, 0.4) is 0 Å². The molecule has 2 aromatic rings. The molecule has 2 aromatic carbocycles. The van der Waals surface area contributed by atoms with Gasteiger partial charge in [0.05, 0.1) is 4.47 Å². The van der Waals surface area contributed by atoms with Crippen molar-refractivity contribution < 1.29 is 18.3 Å². The van der Waals surface area contributed by atoms with Gasteiger partial charge in [-0.1, -0.05) is 30.3 Å². The number of hydrogen-bond donors (Lipinski definition) is 0. The molecule has 2 nitrogen and oxygen atoms in total. The van der Waals surface area contributed by atoms with Crippen molar-refractivity contribution in [3.05, 3.63) is 52.0 Å². The van der Waals surface area contributed by atoms with Crippen molar-refractivity contribution in [2.45, 2.75) is 13.5 Å². The fraction of sp³-hybridized carbons (Fsp3) is 0.133. The van der Waals surface area contributed by atoms with Gasteiger partial charge in [0.25, 0.3) is 0 Å². The summed E-state index contributed by atoms with van der Waals surface area (Å²) in [6.45, 7) is -1.14. The number of ether oxygens (including phenoxy) is 1. The van der Waals surface area contributed by atoms with E-state index in [0.29, 0.717) is 21.2 Å². The van der Waals surface area contributed by atoms with Crippen molar-refractivity contribution in [3.8, 4) is 16.9 Å². The van der Waals surface area contributed by atoms with Crippen molar-refractivity contribution in [1.82, 2.24) is 0 Å². The van der Waals surface area contributed by atoms with Gasteiger partial charge < -0.3 is 4.74 Å². The molecule has 0 atom stereocenters. The van der Waals surface area contributed by atoms with Crippen LogP contribution in [0.25, 0.3) is 11.1 Å². The molecule has 0 spiro atoms. The number of benzene rings is 2. The quantitative estimate of drug-likeness (QED) is 0.744. The highest BCUT2D eigenvalue weighted by Crippen LogP contribution is 2.39. The Bertz CT molecular complexity index is 642. The first-order valence-electron chi connectivity index (χ1n) is 5.83. The molecule has 0 saturated heterocycles. The third kappa shape index (κ3) is 2.88. The Morgan fingerprint density at radius 3 is 2.45 bits per heavy atom. The van der Waals surface area contributed by atoms with Gasteiger partial charge in [-0.15, -0.1) is 0 Å². The number of hydrogen-bond acceptors (Lipinski definition) is 2. The molecule has 0 fully saturated rings. The average molecular weight is 341 g/mol. The Labute approximate surface area is 123 Å². The molecular formula is C15H11BrF2O2. The van der Waals surface area contributed by atoms with Crippen LogP contribution >= 0.6 is 15.9 Å². The summed E-state index contributed by atoms with van der Waals surface area (Å²) < 4.78 is 30.1. The van der Waals surface area contributed by atoms with Gasteiger partial charge in [-0.25, -0.2) is 0 Å². The lowest BCUT2D eigenvalue weighted by Crippen LogP contribution is -2.04. The summed E-state index contributed by atoms with van der Waals surface area (Å²) in [5.41, 5.74) is 2.44. The van der Waals surface area contributed by atoms with Crippen molar-refractivity contribution >= 4 is 22.2 Å². The number of para-hydroxylation sites is 1. The summed E-state index contributed by atoms with van der Waals surface area (Å²) in [7, 11) is 0. The molecule has 0 N–H and O–H groups in total. The maximum absolute atomic E-state index is 12.5. The summed E-state index contributed by atoms with van der Waals surface area (Å²) in [6, 6.07) is 10.2. The summed E-state index contributed by atoms with van der Waals surface area (Å²) in [5.74, 6) is 0.0636. The zero-order valence-electron chi connectivity index (χ0n) is 10.6. The largest absolute Gasteiger partial charge is 0.433 e. The van der Waals surface area contributed by atoms with Crippen LogP contribution in [0.4, 0.5) is 8.78 Å². The summed E-state index contributed by atoms with van der Waals surface area (Å²) in [5, 5.41) is 0. The van der Waals surface area contributed by atoms with Gasteiger partial charge in [-0.2, -0.15) is 8.78 Å². The minimum Gasteiger partial charge on any atom is -0.433 e. The summed E-state index contributed by atoms with van der Waals surface area (Å²) >= 11 is 3.21. The van der Waals surface area contributed by atoms with Crippen LogP contribution in [0.2, 0.25) is 0 Å². The topological polar surface area (TPSA) is 26.3 Å². The zero-order valence-corrected chi connectivity index (χ0v) is 12.2. The first-order chi connectivity index (χ1) is 9.54. The number of carbonyl (C=O) groups is 1. The van der Waals surface area contributed by atoms with E-state index in [2.05, 4.69) is 20.7 Å². The predicted octanol–water partition coefficient (Wildman–Crippen LogP) is 4.84. The van der Waals surface area contributed by atoms with Gasteiger partial charge in [-0.3, -0.25) is 4.79 Å². The van der Waals surface area contributed by atoms with Crippen molar-refractivity contribution in [2.24, 2.45) is 0 Å². The molecule has 20 heavy (non-hydrogen) atoms. The standard InChI is InChI=1S/C15H11BrF2O2/c1-9-10(8-19)4-2-5-11(9)12-6-3-7-13(16)14(12)20-15(17)18/h2-8,15H,1H3. The molecular weight excluding hydrogens is 330 g/mol. The second-order valence-electron chi connectivity index (χ2n) is 4.13. The maximum Gasteiger partial charge on any atom is 0.387 e. The third-order valence-electron chi connectivity index (χ3n) is 2.97. The third-order valence-corrected chi connectivity index (χ3v) is 3.59. The molecule has 0 aliphatic rings. The van der Waals surface area contributed by atoms with E-state index in [1.807, 2.05) is 0 Å². The van der Waals surface area contributed by atoms with Crippen LogP contribution < -0.4 is 4.74 Å². The summed E-state index contributed by atoms with van der Waals surface area (Å²) in [6.07, 6.45) is 0.741. The van der Waals surface area contributed by atoms with E-state index >= 15 is 0 Å². The number of aldehydes is 1. The minimum atomic E-state index is -2.91. The molecule has 0 aromatic heterocycles. The van der Waals surface area contributed by atoms with Gasteiger partial charge in [-0.05, 0) is 40.0 Å². The lowest BCUT2D eigenvalue weighted by molar-refractivity contribution is -0.0499. The number of carbonyl (C=O) groups excluding carboxylic acids is 1. The average Bonchev–Trinajstić information content (AvgIpc) is 2.41. The highest BCUT2D eigenvalue weighted by molar-refractivity contribution is 9.10. The van der Waals surface area contributed by atoms with Crippen molar-refractivity contribution in [1.29, 1.82) is 0 Å². The van der Waals surface area contributed by atoms with Crippen molar-refractivity contribution in [3.63, 3.8) is 0 Å². The highest BCUT2D eigenvalue weighted by atomic mass is 79.9. The fourth-order valence-corrected chi connectivity index (χ4v) is 2.46. The highest BCUT2D eigenvalue weighted by Gasteiger charge is 2.16. The second-order valence-corrected chi connectivity index (χ2v) is 4.99. The first kappa shape index (κ1) is 14.7. The monoisotopic (exact) mass is 340 g/mol. The molecule has 0 heterocycles. The van der Waals surface area contributed by atoms with Gasteiger partial charge in [0, 0.05) is 11.1 Å². The molecule has 2 rings (SSSR count). The summed E-state index contributed by atoms with van der Waals surface area (Å²) in [4.78, 5) is 11.0. The van der Waals surface area contributed by atoms with Gasteiger partial charge >= 0.3 is 6.61 Å². The van der Waals surface area contributed by atoms with Crippen LogP contribution in [0.15, 0.2) is 40.9 Å². The molecule has 0 bridgehead atoms. The molecule has 0 amide bonds. The smallest absolute Gasteiger partial charge is 0.387 e. The molecule has 104 valence electrons. The Hall–Kier alpha value is -1.75. The van der Waals surface area contributed by atoms with E-state index in [1.165, 1.54) is 0 Å². The van der Waals surface area contributed by atoms with E-state index in [4.69, 9.17) is 0 Å². The Morgan fingerprint density at radius 1 is 1.15 bits per heavy atom. The minimum absolute atomic E-state index is 0.0636. The van der Waals surface area contributed by atoms with E-state index in [0.717, 1.165) is 11.8 Å². The van der Waals surface area contributed by atoms with Gasteiger partial charge in [0.1, 0.15) is 12.0 Å². The normalized spacial score (nSPS) is 10.7. The SMILES string of the molecule is Cc1c(C=O)cccc1-c1cccc(Br)c1OC(F)F. The van der Waals surface area contributed by atoms with Crippen molar-refractivity contribution in [2.75, 3.05) is 0 Å².